The molecule has 1 aliphatic heterocycles. The van der Waals surface area contributed by atoms with Gasteiger partial charge in [-0.25, -0.2) is 0 Å². The maximum atomic E-state index is 12.3. The molecule has 0 aromatic carbocycles. The van der Waals surface area contributed by atoms with Gasteiger partial charge in [0.25, 0.3) is 0 Å². The smallest absolute Gasteiger partial charge is 0.242 e. The lowest BCUT2D eigenvalue weighted by atomic mass is 10.1. The van der Waals surface area contributed by atoms with Crippen LogP contribution >= 0.6 is 11.8 Å². The molecule has 1 atom stereocenters. The molecular weight excluding hydrogens is 340 g/mol. The van der Waals surface area contributed by atoms with Crippen LogP contribution in [0.2, 0.25) is 0 Å². The van der Waals surface area contributed by atoms with E-state index in [4.69, 9.17) is 4.74 Å². The van der Waals surface area contributed by atoms with Crippen molar-refractivity contribution in [1.29, 1.82) is 0 Å². The van der Waals surface area contributed by atoms with Crippen LogP contribution < -0.4 is 5.32 Å². The van der Waals surface area contributed by atoms with Crippen LogP contribution in [0.3, 0.4) is 0 Å². The number of rotatable bonds is 12. The number of hydrogen-bond acceptors (Lipinski definition) is 5. The lowest BCUT2D eigenvalue weighted by molar-refractivity contribution is -0.138. The predicted octanol–water partition coefficient (Wildman–Crippen LogP) is 2.07. The molecule has 1 rings (SSSR count). The second-order valence-electron chi connectivity index (χ2n) is 7.20. The Morgan fingerprint density at radius 2 is 1.96 bits per heavy atom. The van der Waals surface area contributed by atoms with E-state index in [1.807, 2.05) is 0 Å². The molecule has 0 spiro atoms. The fourth-order valence-corrected chi connectivity index (χ4v) is 3.46. The van der Waals surface area contributed by atoms with Gasteiger partial charge in [-0.3, -0.25) is 19.3 Å². The highest BCUT2D eigenvalue weighted by atomic mass is 32.2. The van der Waals surface area contributed by atoms with Crippen molar-refractivity contribution in [3.63, 3.8) is 0 Å². The molecule has 0 radical (unpaired) electrons. The maximum absolute atomic E-state index is 12.3. The number of nitrogens with zero attached hydrogens (tertiary/aromatic N) is 1. The van der Waals surface area contributed by atoms with E-state index >= 15 is 0 Å². The standard InChI is InChI=1S/C18H32N2O4S/c1-13(2)6-9-24-10-7-19-16(21)5-8-20-17(22)11-15(18(20)23)25-12-14(3)4/h13-15H,5-12H2,1-4H3,(H,19,21). The lowest BCUT2D eigenvalue weighted by Crippen LogP contribution is -2.36. The number of amides is 3. The van der Waals surface area contributed by atoms with E-state index in [1.165, 1.54) is 16.7 Å². The third-order valence-electron chi connectivity index (χ3n) is 3.80. The first-order valence-corrected chi connectivity index (χ1v) is 10.2. The fraction of sp³-hybridized carbons (Fsp3) is 0.833. The molecule has 1 heterocycles. The number of thioether (sulfide) groups is 1. The highest BCUT2D eigenvalue weighted by Gasteiger charge is 2.38. The third-order valence-corrected chi connectivity index (χ3v) is 5.43. The van der Waals surface area contributed by atoms with Gasteiger partial charge in [-0.2, -0.15) is 0 Å². The van der Waals surface area contributed by atoms with Crippen LogP contribution in [-0.2, 0) is 19.1 Å². The quantitative estimate of drug-likeness (QED) is 0.419. The zero-order valence-electron chi connectivity index (χ0n) is 15.9. The van der Waals surface area contributed by atoms with Gasteiger partial charge in [-0.15, -0.1) is 11.8 Å². The topological polar surface area (TPSA) is 75.7 Å². The zero-order chi connectivity index (χ0) is 18.8. The summed E-state index contributed by atoms with van der Waals surface area (Å²) in [5.74, 6) is 1.46. The molecule has 1 aliphatic rings. The maximum Gasteiger partial charge on any atom is 0.242 e. The highest BCUT2D eigenvalue weighted by molar-refractivity contribution is 8.00. The van der Waals surface area contributed by atoms with E-state index in [-0.39, 0.29) is 42.4 Å². The first-order valence-electron chi connectivity index (χ1n) is 9.11. The predicted molar refractivity (Wildman–Crippen MR) is 100 cm³/mol. The summed E-state index contributed by atoms with van der Waals surface area (Å²) in [4.78, 5) is 37.3. The molecule has 144 valence electrons. The minimum atomic E-state index is -0.285. The number of imide groups is 1. The molecule has 1 saturated heterocycles. The molecule has 25 heavy (non-hydrogen) atoms. The minimum Gasteiger partial charge on any atom is -0.380 e. The van der Waals surface area contributed by atoms with Crippen molar-refractivity contribution < 1.29 is 19.1 Å². The number of likely N-dealkylation sites (tertiary alicyclic amines) is 1. The number of carbonyl (C=O) groups is 3. The molecule has 0 aliphatic carbocycles. The second kappa shape index (κ2) is 11.5. The van der Waals surface area contributed by atoms with Gasteiger partial charge in [-0.05, 0) is 24.0 Å². The van der Waals surface area contributed by atoms with Crippen LogP contribution in [0.1, 0.15) is 47.0 Å². The zero-order valence-corrected chi connectivity index (χ0v) is 16.7. The first kappa shape index (κ1) is 22.0. The largest absolute Gasteiger partial charge is 0.380 e. The molecule has 0 aromatic rings. The van der Waals surface area contributed by atoms with E-state index in [2.05, 4.69) is 33.0 Å². The number of carbonyl (C=O) groups excluding carboxylic acids is 3. The van der Waals surface area contributed by atoms with Gasteiger partial charge in [0, 0.05) is 32.5 Å². The molecule has 6 nitrogen and oxygen atoms in total. The molecule has 0 saturated carbocycles. The number of nitrogens with one attached hydrogen (secondary N) is 1. The van der Waals surface area contributed by atoms with Crippen molar-refractivity contribution in [2.45, 2.75) is 52.2 Å². The summed E-state index contributed by atoms with van der Waals surface area (Å²) in [6.07, 6.45) is 1.40. The number of hydrogen-bond donors (Lipinski definition) is 1. The molecular formula is C18H32N2O4S. The fourth-order valence-electron chi connectivity index (χ4n) is 2.31. The molecule has 1 N–H and O–H groups in total. The summed E-state index contributed by atoms with van der Waals surface area (Å²) in [7, 11) is 0. The Morgan fingerprint density at radius 1 is 1.24 bits per heavy atom. The van der Waals surface area contributed by atoms with Crippen molar-refractivity contribution in [2.75, 3.05) is 32.1 Å². The van der Waals surface area contributed by atoms with Gasteiger partial charge in [0.1, 0.15) is 0 Å². The average molecular weight is 373 g/mol. The summed E-state index contributed by atoms with van der Waals surface area (Å²) in [5, 5.41) is 2.47. The molecule has 0 bridgehead atoms. The molecule has 7 heteroatoms. The molecule has 1 unspecified atom stereocenters. The van der Waals surface area contributed by atoms with Crippen LogP contribution in [0.4, 0.5) is 0 Å². The van der Waals surface area contributed by atoms with E-state index in [0.717, 1.165) is 12.2 Å². The van der Waals surface area contributed by atoms with Crippen LogP contribution in [0, 0.1) is 11.8 Å². The molecule has 3 amide bonds. The van der Waals surface area contributed by atoms with Crippen molar-refractivity contribution in [1.82, 2.24) is 10.2 Å². The summed E-state index contributed by atoms with van der Waals surface area (Å²) in [5.41, 5.74) is 0. The van der Waals surface area contributed by atoms with Crippen LogP contribution in [0.5, 0.6) is 0 Å². The van der Waals surface area contributed by atoms with Gasteiger partial charge < -0.3 is 10.1 Å². The third kappa shape index (κ3) is 8.72. The van der Waals surface area contributed by atoms with E-state index in [1.54, 1.807) is 0 Å². The van der Waals surface area contributed by atoms with Gasteiger partial charge in [0.05, 0.1) is 11.9 Å². The van der Waals surface area contributed by atoms with Gasteiger partial charge >= 0.3 is 0 Å². The normalized spacial score (nSPS) is 17.8. The molecule has 0 aromatic heterocycles. The van der Waals surface area contributed by atoms with E-state index < -0.39 is 0 Å². The monoisotopic (exact) mass is 372 g/mol. The first-order chi connectivity index (χ1) is 11.8. The Hall–Kier alpha value is -1.08. The van der Waals surface area contributed by atoms with E-state index in [0.29, 0.717) is 31.6 Å². The second-order valence-corrected chi connectivity index (χ2v) is 8.43. The van der Waals surface area contributed by atoms with Crippen molar-refractivity contribution in [2.24, 2.45) is 11.8 Å². The highest BCUT2D eigenvalue weighted by Crippen LogP contribution is 2.26. The Balaban J connectivity index is 2.20. The average Bonchev–Trinajstić information content (AvgIpc) is 2.80. The van der Waals surface area contributed by atoms with Crippen LogP contribution in [-0.4, -0.2) is 59.9 Å². The number of ether oxygens (including phenoxy) is 1. The summed E-state index contributed by atoms with van der Waals surface area (Å²) < 4.78 is 5.43. The SMILES string of the molecule is CC(C)CCOCCNC(=O)CCN1C(=O)CC(SCC(C)C)C1=O. The summed E-state index contributed by atoms with van der Waals surface area (Å²) in [6.45, 7) is 10.2. The summed E-state index contributed by atoms with van der Waals surface area (Å²) in [6, 6.07) is 0. The van der Waals surface area contributed by atoms with Crippen molar-refractivity contribution >= 4 is 29.5 Å². The molecule has 1 fully saturated rings. The van der Waals surface area contributed by atoms with Gasteiger partial charge in [-0.1, -0.05) is 27.7 Å². The van der Waals surface area contributed by atoms with E-state index in [9.17, 15) is 14.4 Å². The van der Waals surface area contributed by atoms with Crippen molar-refractivity contribution in [3.05, 3.63) is 0 Å². The lowest BCUT2D eigenvalue weighted by Gasteiger charge is -2.15. The Morgan fingerprint density at radius 3 is 2.60 bits per heavy atom. The van der Waals surface area contributed by atoms with Crippen LogP contribution in [0.15, 0.2) is 0 Å². The van der Waals surface area contributed by atoms with Gasteiger partial charge in [0.15, 0.2) is 0 Å². The van der Waals surface area contributed by atoms with Crippen molar-refractivity contribution in [3.8, 4) is 0 Å². The van der Waals surface area contributed by atoms with Crippen LogP contribution in [0.25, 0.3) is 0 Å². The summed E-state index contributed by atoms with van der Waals surface area (Å²) >= 11 is 1.54. The Kier molecular flexibility index (Phi) is 10.1. The minimum absolute atomic E-state index is 0.144. The Labute approximate surface area is 155 Å². The Bertz CT molecular complexity index is 454. The van der Waals surface area contributed by atoms with Gasteiger partial charge in [0.2, 0.25) is 17.7 Å².